The molecule has 5 nitrogen and oxygen atoms in total. The number of hydrogen-bond donors (Lipinski definition) is 0. The molecular weight excluding hydrogens is 340 g/mol. The summed E-state index contributed by atoms with van der Waals surface area (Å²) in [6, 6.07) is 19.9. The van der Waals surface area contributed by atoms with Crippen LogP contribution in [-0.4, -0.2) is 22.9 Å². The maximum absolute atomic E-state index is 13.2. The number of fused-ring (bicyclic) bond motifs is 1. The Morgan fingerprint density at radius 2 is 1.89 bits per heavy atom. The van der Waals surface area contributed by atoms with Crippen LogP contribution in [-0.2, 0) is 0 Å². The van der Waals surface area contributed by atoms with E-state index in [4.69, 9.17) is 9.15 Å². The van der Waals surface area contributed by atoms with E-state index in [1.807, 2.05) is 42.5 Å². The van der Waals surface area contributed by atoms with Gasteiger partial charge in [-0.1, -0.05) is 30.3 Å². The molecule has 5 heteroatoms. The SMILES string of the molecule is COc1cccc(C(=O)/C(=C/c2ccccn2)c2nc3ccccc3o2)c1. The Balaban J connectivity index is 1.85. The van der Waals surface area contributed by atoms with Crippen LogP contribution in [0.5, 0.6) is 5.75 Å². The van der Waals surface area contributed by atoms with Crippen molar-refractivity contribution in [3.63, 3.8) is 0 Å². The van der Waals surface area contributed by atoms with Gasteiger partial charge in [-0.05, 0) is 42.5 Å². The van der Waals surface area contributed by atoms with Gasteiger partial charge in [-0.25, -0.2) is 4.98 Å². The van der Waals surface area contributed by atoms with E-state index >= 15 is 0 Å². The van der Waals surface area contributed by atoms with Crippen LogP contribution in [0.25, 0.3) is 22.7 Å². The first-order chi connectivity index (χ1) is 13.2. The highest BCUT2D eigenvalue weighted by Crippen LogP contribution is 2.26. The summed E-state index contributed by atoms with van der Waals surface area (Å²) in [5.74, 6) is 0.649. The maximum Gasteiger partial charge on any atom is 0.231 e. The summed E-state index contributed by atoms with van der Waals surface area (Å²) in [6.45, 7) is 0. The van der Waals surface area contributed by atoms with Crippen LogP contribution in [0.15, 0.2) is 77.3 Å². The molecule has 27 heavy (non-hydrogen) atoms. The molecule has 0 N–H and O–H groups in total. The van der Waals surface area contributed by atoms with Crippen LogP contribution in [0.2, 0.25) is 0 Å². The minimum atomic E-state index is -0.217. The highest BCUT2D eigenvalue weighted by atomic mass is 16.5. The quantitative estimate of drug-likeness (QED) is 0.384. The number of para-hydroxylation sites is 2. The Morgan fingerprint density at radius 3 is 2.67 bits per heavy atom. The fourth-order valence-corrected chi connectivity index (χ4v) is 2.74. The lowest BCUT2D eigenvalue weighted by molar-refractivity contribution is 0.105. The van der Waals surface area contributed by atoms with Crippen molar-refractivity contribution in [2.75, 3.05) is 7.11 Å². The molecule has 0 unspecified atom stereocenters. The first kappa shape index (κ1) is 16.7. The van der Waals surface area contributed by atoms with Gasteiger partial charge in [0.05, 0.1) is 18.4 Å². The second kappa shape index (κ2) is 7.25. The molecule has 0 saturated heterocycles. The predicted octanol–water partition coefficient (Wildman–Crippen LogP) is 4.65. The number of methoxy groups -OCH3 is 1. The summed E-state index contributed by atoms with van der Waals surface area (Å²) in [4.78, 5) is 22.0. The number of nitrogens with zero attached hydrogens (tertiary/aromatic N) is 2. The molecule has 2 aromatic heterocycles. The van der Waals surface area contributed by atoms with Crippen LogP contribution in [0, 0.1) is 0 Å². The number of ether oxygens (including phenoxy) is 1. The highest BCUT2D eigenvalue weighted by Gasteiger charge is 2.20. The predicted molar refractivity (Wildman–Crippen MR) is 103 cm³/mol. The zero-order chi connectivity index (χ0) is 18.6. The monoisotopic (exact) mass is 356 g/mol. The third-order valence-electron chi connectivity index (χ3n) is 4.08. The average molecular weight is 356 g/mol. The summed E-state index contributed by atoms with van der Waals surface area (Å²) < 4.78 is 11.1. The summed E-state index contributed by atoms with van der Waals surface area (Å²) in [6.07, 6.45) is 3.36. The van der Waals surface area contributed by atoms with Gasteiger partial charge in [0.2, 0.25) is 5.89 Å². The summed E-state index contributed by atoms with van der Waals surface area (Å²) in [5, 5.41) is 0. The van der Waals surface area contributed by atoms with E-state index in [0.717, 1.165) is 0 Å². The zero-order valence-corrected chi connectivity index (χ0v) is 14.6. The van der Waals surface area contributed by atoms with Gasteiger partial charge in [0.1, 0.15) is 11.3 Å². The van der Waals surface area contributed by atoms with E-state index in [-0.39, 0.29) is 11.7 Å². The molecule has 0 fully saturated rings. The molecule has 4 aromatic rings. The third kappa shape index (κ3) is 3.48. The summed E-state index contributed by atoms with van der Waals surface area (Å²) in [5.41, 5.74) is 2.78. The molecule has 2 heterocycles. The Bertz CT molecular complexity index is 1100. The summed E-state index contributed by atoms with van der Waals surface area (Å²) >= 11 is 0. The maximum atomic E-state index is 13.2. The molecule has 132 valence electrons. The molecule has 0 saturated carbocycles. The van der Waals surface area contributed by atoms with Gasteiger partial charge in [-0.15, -0.1) is 0 Å². The van der Waals surface area contributed by atoms with E-state index < -0.39 is 0 Å². The number of aromatic nitrogens is 2. The molecule has 0 atom stereocenters. The fraction of sp³-hybridized carbons (Fsp3) is 0.0455. The van der Waals surface area contributed by atoms with Gasteiger partial charge >= 0.3 is 0 Å². The van der Waals surface area contributed by atoms with Crippen molar-refractivity contribution in [2.24, 2.45) is 0 Å². The Morgan fingerprint density at radius 1 is 1.04 bits per heavy atom. The first-order valence-corrected chi connectivity index (χ1v) is 8.42. The molecule has 4 rings (SSSR count). The molecule has 2 aromatic carbocycles. The van der Waals surface area contributed by atoms with Crippen molar-refractivity contribution >= 4 is 28.5 Å². The van der Waals surface area contributed by atoms with Gasteiger partial charge in [-0.2, -0.15) is 0 Å². The molecule has 0 radical (unpaired) electrons. The van der Waals surface area contributed by atoms with E-state index in [9.17, 15) is 4.79 Å². The number of benzene rings is 2. The number of Topliss-reactive ketones (excluding diaryl/α,β-unsaturated/α-hetero) is 1. The van der Waals surface area contributed by atoms with E-state index in [2.05, 4.69) is 9.97 Å². The number of carbonyl (C=O) groups is 1. The lowest BCUT2D eigenvalue weighted by Gasteiger charge is -2.06. The van der Waals surface area contributed by atoms with Gasteiger partial charge < -0.3 is 9.15 Å². The fourth-order valence-electron chi connectivity index (χ4n) is 2.74. The number of ketones is 1. The lowest BCUT2D eigenvalue weighted by atomic mass is 10.0. The number of rotatable bonds is 5. The highest BCUT2D eigenvalue weighted by molar-refractivity contribution is 6.31. The van der Waals surface area contributed by atoms with E-state index in [0.29, 0.717) is 33.7 Å². The number of allylic oxidation sites excluding steroid dienone is 1. The van der Waals surface area contributed by atoms with Crippen molar-refractivity contribution in [1.29, 1.82) is 0 Å². The van der Waals surface area contributed by atoms with E-state index in [1.165, 1.54) is 0 Å². The van der Waals surface area contributed by atoms with Gasteiger partial charge in [-0.3, -0.25) is 9.78 Å². The van der Waals surface area contributed by atoms with Crippen molar-refractivity contribution in [3.8, 4) is 5.75 Å². The van der Waals surface area contributed by atoms with Crippen LogP contribution in [0.3, 0.4) is 0 Å². The van der Waals surface area contributed by atoms with Gasteiger partial charge in [0.15, 0.2) is 11.4 Å². The molecule has 0 aliphatic carbocycles. The Kier molecular flexibility index (Phi) is 4.49. The standard InChI is InChI=1S/C22H16N2O3/c1-26-17-9-6-7-15(13-17)21(25)18(14-16-8-4-5-12-23-16)22-24-19-10-2-3-11-20(19)27-22/h2-14H,1H3/b18-14-. The van der Waals surface area contributed by atoms with Crippen molar-refractivity contribution in [1.82, 2.24) is 9.97 Å². The zero-order valence-electron chi connectivity index (χ0n) is 14.6. The van der Waals surface area contributed by atoms with Crippen LogP contribution >= 0.6 is 0 Å². The molecule has 0 amide bonds. The summed E-state index contributed by atoms with van der Waals surface area (Å²) in [7, 11) is 1.56. The number of pyridine rings is 1. The van der Waals surface area contributed by atoms with Crippen molar-refractivity contribution in [2.45, 2.75) is 0 Å². The number of oxazole rings is 1. The second-order valence-electron chi connectivity index (χ2n) is 5.86. The van der Waals surface area contributed by atoms with Gasteiger partial charge in [0.25, 0.3) is 0 Å². The number of hydrogen-bond acceptors (Lipinski definition) is 5. The normalized spacial score (nSPS) is 11.5. The number of carbonyl (C=O) groups excluding carboxylic acids is 1. The largest absolute Gasteiger partial charge is 0.497 e. The van der Waals surface area contributed by atoms with Crippen molar-refractivity contribution in [3.05, 3.63) is 90.1 Å². The van der Waals surface area contributed by atoms with Crippen LogP contribution in [0.1, 0.15) is 21.9 Å². The van der Waals surface area contributed by atoms with Crippen LogP contribution in [0.4, 0.5) is 0 Å². The molecule has 0 aliphatic heterocycles. The minimum absolute atomic E-state index is 0.217. The average Bonchev–Trinajstić information content (AvgIpc) is 3.16. The van der Waals surface area contributed by atoms with Crippen LogP contribution < -0.4 is 4.74 Å². The lowest BCUT2D eigenvalue weighted by Crippen LogP contribution is -2.04. The van der Waals surface area contributed by atoms with E-state index in [1.54, 1.807) is 43.6 Å². The smallest absolute Gasteiger partial charge is 0.231 e. The Labute approximate surface area is 156 Å². The van der Waals surface area contributed by atoms with Gasteiger partial charge in [0, 0.05) is 11.8 Å². The Hall–Kier alpha value is -3.73. The molecular formula is C22H16N2O3. The third-order valence-corrected chi connectivity index (χ3v) is 4.08. The second-order valence-corrected chi connectivity index (χ2v) is 5.86. The minimum Gasteiger partial charge on any atom is -0.497 e. The molecule has 0 aliphatic rings. The topological polar surface area (TPSA) is 65.2 Å². The molecule has 0 bridgehead atoms. The molecule has 0 spiro atoms. The van der Waals surface area contributed by atoms with Crippen molar-refractivity contribution < 1.29 is 13.9 Å². The first-order valence-electron chi connectivity index (χ1n) is 8.42.